The van der Waals surface area contributed by atoms with Crippen molar-refractivity contribution in [1.82, 2.24) is 10.2 Å². The maximum Gasteiger partial charge on any atom is 0.417 e. The number of rotatable bonds is 12. The summed E-state index contributed by atoms with van der Waals surface area (Å²) < 4.78 is 70.1. The van der Waals surface area contributed by atoms with E-state index in [4.69, 9.17) is 34.8 Å². The highest BCUT2D eigenvalue weighted by molar-refractivity contribution is 7.92. The van der Waals surface area contributed by atoms with Gasteiger partial charge in [0, 0.05) is 28.2 Å². The van der Waals surface area contributed by atoms with Crippen LogP contribution in [0.4, 0.5) is 18.9 Å². The molecule has 0 saturated heterocycles. The minimum atomic E-state index is -4.91. The topological polar surface area (TPSA) is 86.8 Å². The summed E-state index contributed by atoms with van der Waals surface area (Å²) in [6.07, 6.45) is -4.18. The first-order valence-corrected chi connectivity index (χ1v) is 16.6. The Morgan fingerprint density at radius 2 is 1.51 bits per heavy atom. The molecule has 2 amide bonds. The number of nitrogens with one attached hydrogen (secondary N) is 1. The highest BCUT2D eigenvalue weighted by Gasteiger charge is 2.37. The first-order valence-electron chi connectivity index (χ1n) is 14.0. The number of carbonyl (C=O) groups is 2. The molecule has 14 heteroatoms. The van der Waals surface area contributed by atoms with Gasteiger partial charge in [0.2, 0.25) is 11.8 Å². The molecule has 0 spiro atoms. The van der Waals surface area contributed by atoms with Crippen LogP contribution >= 0.6 is 34.8 Å². The molecular formula is C31H33Cl3F3N3O4S. The molecule has 45 heavy (non-hydrogen) atoms. The highest BCUT2D eigenvalue weighted by Crippen LogP contribution is 2.38. The Balaban J connectivity index is 2.19. The number of alkyl halides is 3. The minimum absolute atomic E-state index is 0.125. The second kappa shape index (κ2) is 15.1. The number of nitrogens with zero attached hydrogens (tertiary/aromatic N) is 2. The summed E-state index contributed by atoms with van der Waals surface area (Å²) in [7, 11) is -4.62. The lowest BCUT2D eigenvalue weighted by Crippen LogP contribution is -2.53. The Kier molecular flexibility index (Phi) is 12.2. The summed E-state index contributed by atoms with van der Waals surface area (Å²) >= 11 is 18.6. The number of hydrogen-bond donors (Lipinski definition) is 1. The smallest absolute Gasteiger partial charge is 0.352 e. The summed E-state index contributed by atoms with van der Waals surface area (Å²) in [5.41, 5.74) is -0.683. The molecule has 0 unspecified atom stereocenters. The fourth-order valence-electron chi connectivity index (χ4n) is 4.47. The van der Waals surface area contributed by atoms with Gasteiger partial charge in [-0.15, -0.1) is 0 Å². The van der Waals surface area contributed by atoms with Gasteiger partial charge in [-0.1, -0.05) is 72.4 Å². The van der Waals surface area contributed by atoms with E-state index in [-0.39, 0.29) is 33.9 Å². The zero-order valence-electron chi connectivity index (χ0n) is 25.0. The molecule has 0 aromatic heterocycles. The summed E-state index contributed by atoms with van der Waals surface area (Å²) in [6.45, 7) is 5.83. The van der Waals surface area contributed by atoms with Crippen LogP contribution in [0.3, 0.4) is 0 Å². The third-order valence-electron chi connectivity index (χ3n) is 7.21. The first kappa shape index (κ1) is 36.5. The standard InChI is InChI=1S/C31H33Cl3F3N3O4S/c1-5-20(4)38-30(42)28(6-2)39(17-23-25(32)8-7-9-26(23)33)29(41)18-40(45(43,44)22-13-10-19(3)11-14-22)21-12-15-27(34)24(16-21)31(35,36)37/h7-16,20,28H,5-6,17-18H2,1-4H3,(H,38,42)/t20-,28-/m0/s1. The largest absolute Gasteiger partial charge is 0.417 e. The van der Waals surface area contributed by atoms with Crippen molar-refractivity contribution in [3.63, 3.8) is 0 Å². The molecule has 0 radical (unpaired) electrons. The lowest BCUT2D eigenvalue weighted by molar-refractivity contribution is -0.140. The summed E-state index contributed by atoms with van der Waals surface area (Å²) in [5.74, 6) is -1.38. The molecule has 0 heterocycles. The number of sulfonamides is 1. The van der Waals surface area contributed by atoms with Crippen molar-refractivity contribution in [1.29, 1.82) is 0 Å². The second-order valence-corrected chi connectivity index (χ2v) is 13.5. The van der Waals surface area contributed by atoms with Crippen molar-refractivity contribution in [3.05, 3.63) is 92.4 Å². The van der Waals surface area contributed by atoms with E-state index in [0.29, 0.717) is 22.4 Å². The maximum atomic E-state index is 14.2. The third-order valence-corrected chi connectivity index (χ3v) is 10.0. The van der Waals surface area contributed by atoms with Gasteiger partial charge < -0.3 is 10.2 Å². The Hall–Kier alpha value is -2.99. The zero-order chi connectivity index (χ0) is 33.7. The van der Waals surface area contributed by atoms with Crippen LogP contribution in [0.5, 0.6) is 0 Å². The average molecular weight is 707 g/mol. The Bertz CT molecular complexity index is 1620. The molecule has 0 aliphatic carbocycles. The fraction of sp³-hybridized carbons (Fsp3) is 0.355. The highest BCUT2D eigenvalue weighted by atomic mass is 35.5. The quantitative estimate of drug-likeness (QED) is 0.208. The molecule has 0 aliphatic rings. The number of halogens is 6. The number of aryl methyl sites for hydroxylation is 1. The van der Waals surface area contributed by atoms with Gasteiger partial charge >= 0.3 is 6.18 Å². The second-order valence-electron chi connectivity index (χ2n) is 10.5. The molecule has 0 saturated carbocycles. The van der Waals surface area contributed by atoms with Crippen molar-refractivity contribution in [2.45, 2.75) is 70.2 Å². The molecule has 7 nitrogen and oxygen atoms in total. The summed E-state index contributed by atoms with van der Waals surface area (Å²) in [4.78, 5) is 28.5. The molecule has 3 rings (SSSR count). The summed E-state index contributed by atoms with van der Waals surface area (Å²) in [6, 6.07) is 11.6. The van der Waals surface area contributed by atoms with Gasteiger partial charge in [0.25, 0.3) is 10.0 Å². The van der Waals surface area contributed by atoms with Gasteiger partial charge in [-0.05, 0) is 69.2 Å². The van der Waals surface area contributed by atoms with Crippen molar-refractivity contribution in [2.75, 3.05) is 10.8 Å². The normalized spacial score (nSPS) is 13.2. The van der Waals surface area contributed by atoms with E-state index in [9.17, 15) is 31.2 Å². The first-order chi connectivity index (χ1) is 21.0. The van der Waals surface area contributed by atoms with Crippen LogP contribution in [0.15, 0.2) is 65.6 Å². The molecule has 3 aromatic rings. The summed E-state index contributed by atoms with van der Waals surface area (Å²) in [5, 5.41) is 2.60. The van der Waals surface area contributed by atoms with E-state index < -0.39 is 56.9 Å². The fourth-order valence-corrected chi connectivity index (χ4v) is 6.61. The molecule has 0 fully saturated rings. The van der Waals surface area contributed by atoms with Crippen LogP contribution in [-0.4, -0.2) is 43.8 Å². The van der Waals surface area contributed by atoms with E-state index in [1.54, 1.807) is 39.0 Å². The predicted molar refractivity (Wildman–Crippen MR) is 171 cm³/mol. The lowest BCUT2D eigenvalue weighted by Gasteiger charge is -2.34. The monoisotopic (exact) mass is 705 g/mol. The van der Waals surface area contributed by atoms with E-state index in [1.807, 2.05) is 6.92 Å². The van der Waals surface area contributed by atoms with E-state index in [1.165, 1.54) is 24.3 Å². The van der Waals surface area contributed by atoms with Crippen LogP contribution < -0.4 is 9.62 Å². The van der Waals surface area contributed by atoms with Crippen LogP contribution in [0.2, 0.25) is 15.1 Å². The Morgan fingerprint density at radius 3 is 2.04 bits per heavy atom. The van der Waals surface area contributed by atoms with Crippen LogP contribution in [0.25, 0.3) is 0 Å². The maximum absolute atomic E-state index is 14.2. The van der Waals surface area contributed by atoms with Crippen molar-refractivity contribution in [2.24, 2.45) is 0 Å². The number of hydrogen-bond acceptors (Lipinski definition) is 4. The Morgan fingerprint density at radius 1 is 0.911 bits per heavy atom. The van der Waals surface area contributed by atoms with Gasteiger partial charge in [-0.2, -0.15) is 13.2 Å². The number of anilines is 1. The van der Waals surface area contributed by atoms with Gasteiger partial charge in [-0.25, -0.2) is 8.42 Å². The molecule has 0 aliphatic heterocycles. The Labute approximate surface area is 276 Å². The van der Waals surface area contributed by atoms with E-state index in [2.05, 4.69) is 5.32 Å². The van der Waals surface area contributed by atoms with Gasteiger partial charge in [0.15, 0.2) is 0 Å². The van der Waals surface area contributed by atoms with E-state index >= 15 is 0 Å². The van der Waals surface area contributed by atoms with Gasteiger partial charge in [-0.3, -0.25) is 13.9 Å². The van der Waals surface area contributed by atoms with Crippen LogP contribution in [0.1, 0.15) is 50.3 Å². The third kappa shape index (κ3) is 8.84. The molecule has 3 aromatic carbocycles. The van der Waals surface area contributed by atoms with Crippen molar-refractivity contribution >= 4 is 62.3 Å². The zero-order valence-corrected chi connectivity index (χ0v) is 28.0. The van der Waals surface area contributed by atoms with Crippen LogP contribution in [0, 0.1) is 6.92 Å². The number of amides is 2. The SMILES string of the molecule is CC[C@H](C)NC(=O)[C@H](CC)N(Cc1c(Cl)cccc1Cl)C(=O)CN(c1ccc(Cl)c(C(F)(F)F)c1)S(=O)(=O)c1ccc(C)cc1. The predicted octanol–water partition coefficient (Wildman–Crippen LogP) is 7.89. The number of carbonyl (C=O) groups excluding carboxylic acids is 2. The average Bonchev–Trinajstić information content (AvgIpc) is 2.97. The molecule has 1 N–H and O–H groups in total. The van der Waals surface area contributed by atoms with Gasteiger partial charge in [0.1, 0.15) is 12.6 Å². The minimum Gasteiger partial charge on any atom is -0.352 e. The lowest BCUT2D eigenvalue weighted by atomic mass is 10.1. The van der Waals surface area contributed by atoms with E-state index in [0.717, 1.165) is 22.6 Å². The molecule has 244 valence electrons. The van der Waals surface area contributed by atoms with Crippen molar-refractivity contribution < 1.29 is 31.2 Å². The van der Waals surface area contributed by atoms with Crippen LogP contribution in [-0.2, 0) is 32.3 Å². The number of benzene rings is 3. The van der Waals surface area contributed by atoms with Gasteiger partial charge in [0.05, 0.1) is 21.2 Å². The molecule has 0 bridgehead atoms. The molecular weight excluding hydrogens is 674 g/mol. The molecule has 2 atom stereocenters. The van der Waals surface area contributed by atoms with Crippen molar-refractivity contribution in [3.8, 4) is 0 Å².